The lowest BCUT2D eigenvalue weighted by Gasteiger charge is -2.43. The van der Waals surface area contributed by atoms with E-state index in [2.05, 4.69) is 26.1 Å². The molecule has 2 atom stereocenters. The molecule has 0 aliphatic heterocycles. The fourth-order valence-corrected chi connectivity index (χ4v) is 3.84. The SMILES string of the molecule is CC1CCCC(C)(C)C1NC(=O)c1ccccc1SC#N. The maximum absolute atomic E-state index is 12.6. The van der Waals surface area contributed by atoms with Crippen molar-refractivity contribution >= 4 is 17.7 Å². The first-order valence-corrected chi connectivity index (χ1v) is 8.23. The molecule has 1 aliphatic rings. The van der Waals surface area contributed by atoms with Crippen LogP contribution in [0.25, 0.3) is 0 Å². The minimum absolute atomic E-state index is 0.0693. The highest BCUT2D eigenvalue weighted by Crippen LogP contribution is 2.39. The Labute approximate surface area is 131 Å². The van der Waals surface area contributed by atoms with Crippen LogP contribution in [-0.2, 0) is 0 Å². The van der Waals surface area contributed by atoms with Gasteiger partial charge >= 0.3 is 0 Å². The van der Waals surface area contributed by atoms with Gasteiger partial charge in [0.1, 0.15) is 5.40 Å². The van der Waals surface area contributed by atoms with Crippen LogP contribution >= 0.6 is 11.8 Å². The monoisotopic (exact) mass is 302 g/mol. The number of hydrogen-bond donors (Lipinski definition) is 1. The number of nitrogens with zero attached hydrogens (tertiary/aromatic N) is 1. The van der Waals surface area contributed by atoms with E-state index >= 15 is 0 Å². The molecule has 0 heterocycles. The third kappa shape index (κ3) is 3.59. The second kappa shape index (κ2) is 6.53. The van der Waals surface area contributed by atoms with E-state index in [9.17, 15) is 4.79 Å². The van der Waals surface area contributed by atoms with E-state index in [4.69, 9.17) is 5.26 Å². The normalized spacial score (nSPS) is 24.1. The number of carbonyl (C=O) groups excluding carboxylic acids is 1. The molecule has 0 aromatic heterocycles. The molecular weight excluding hydrogens is 280 g/mol. The van der Waals surface area contributed by atoms with Crippen LogP contribution < -0.4 is 5.32 Å². The zero-order valence-electron chi connectivity index (χ0n) is 12.8. The Bertz CT molecular complexity index is 562. The molecule has 2 unspecified atom stereocenters. The second-order valence-corrected chi connectivity index (χ2v) is 7.33. The average molecular weight is 302 g/mol. The number of amides is 1. The molecule has 1 fully saturated rings. The summed E-state index contributed by atoms with van der Waals surface area (Å²) in [6.45, 7) is 6.66. The molecule has 1 aromatic carbocycles. The van der Waals surface area contributed by atoms with Crippen LogP contribution in [0.3, 0.4) is 0 Å². The highest BCUT2D eigenvalue weighted by molar-refractivity contribution is 8.03. The molecule has 0 radical (unpaired) electrons. The number of thiocyanates is 1. The lowest BCUT2D eigenvalue weighted by atomic mass is 9.68. The minimum Gasteiger partial charge on any atom is -0.348 e. The standard InChI is InChI=1S/C17H22N2OS/c1-12-7-6-10-17(2,3)15(12)19-16(20)13-8-4-5-9-14(13)21-11-18/h4-5,8-9,12,15H,6-7,10H2,1-3H3,(H,19,20). The van der Waals surface area contributed by atoms with Gasteiger partial charge in [0.2, 0.25) is 0 Å². The summed E-state index contributed by atoms with van der Waals surface area (Å²) in [4.78, 5) is 13.3. The summed E-state index contributed by atoms with van der Waals surface area (Å²) in [6, 6.07) is 7.47. The van der Waals surface area contributed by atoms with Crippen molar-refractivity contribution in [2.45, 2.75) is 51.0 Å². The summed E-state index contributed by atoms with van der Waals surface area (Å²) >= 11 is 1.04. The molecule has 1 N–H and O–H groups in total. The van der Waals surface area contributed by atoms with Crippen LogP contribution in [0, 0.1) is 22.0 Å². The fourth-order valence-electron chi connectivity index (χ4n) is 3.32. The van der Waals surface area contributed by atoms with Crippen molar-refractivity contribution in [3.8, 4) is 5.40 Å². The van der Waals surface area contributed by atoms with Gasteiger partial charge in [-0.2, -0.15) is 5.26 Å². The fraction of sp³-hybridized carbons (Fsp3) is 0.529. The molecule has 1 saturated carbocycles. The molecule has 21 heavy (non-hydrogen) atoms. The van der Waals surface area contributed by atoms with Crippen molar-refractivity contribution < 1.29 is 4.79 Å². The largest absolute Gasteiger partial charge is 0.348 e. The molecule has 4 heteroatoms. The van der Waals surface area contributed by atoms with Crippen molar-refractivity contribution in [1.29, 1.82) is 5.26 Å². The van der Waals surface area contributed by atoms with Crippen LogP contribution in [0.2, 0.25) is 0 Å². The minimum atomic E-state index is -0.0693. The van der Waals surface area contributed by atoms with Gasteiger partial charge in [-0.3, -0.25) is 4.79 Å². The molecule has 1 amide bonds. The highest BCUT2D eigenvalue weighted by Gasteiger charge is 2.38. The van der Waals surface area contributed by atoms with Gasteiger partial charge in [0, 0.05) is 10.9 Å². The van der Waals surface area contributed by atoms with Crippen molar-refractivity contribution in [2.24, 2.45) is 11.3 Å². The van der Waals surface area contributed by atoms with E-state index in [-0.39, 0.29) is 17.4 Å². The summed E-state index contributed by atoms with van der Waals surface area (Å²) in [5, 5.41) is 14.1. The van der Waals surface area contributed by atoms with Gasteiger partial charge in [-0.05, 0) is 48.1 Å². The summed E-state index contributed by atoms with van der Waals surface area (Å²) in [5.41, 5.74) is 0.711. The van der Waals surface area contributed by atoms with E-state index in [1.54, 1.807) is 6.07 Å². The van der Waals surface area contributed by atoms with Gasteiger partial charge in [0.25, 0.3) is 5.91 Å². The maximum Gasteiger partial charge on any atom is 0.252 e. The Balaban J connectivity index is 2.19. The topological polar surface area (TPSA) is 52.9 Å². The Kier molecular flexibility index (Phi) is 4.95. The second-order valence-electron chi connectivity index (χ2n) is 6.50. The molecule has 0 saturated heterocycles. The van der Waals surface area contributed by atoms with E-state index in [1.807, 2.05) is 23.6 Å². The van der Waals surface area contributed by atoms with Crippen LogP contribution in [0.4, 0.5) is 0 Å². The lowest BCUT2D eigenvalue weighted by Crippen LogP contribution is -2.51. The lowest BCUT2D eigenvalue weighted by molar-refractivity contribution is 0.0761. The number of rotatable bonds is 3. The van der Waals surface area contributed by atoms with Crippen LogP contribution in [0.1, 0.15) is 50.4 Å². The van der Waals surface area contributed by atoms with Gasteiger partial charge in [-0.25, -0.2) is 0 Å². The first-order chi connectivity index (χ1) is 9.95. The number of thioether (sulfide) groups is 1. The Morgan fingerprint density at radius 2 is 2.14 bits per heavy atom. The third-order valence-corrected chi connectivity index (χ3v) is 5.13. The molecule has 112 valence electrons. The summed E-state index contributed by atoms with van der Waals surface area (Å²) < 4.78 is 0. The van der Waals surface area contributed by atoms with Gasteiger partial charge in [-0.15, -0.1) is 0 Å². The molecular formula is C17H22N2OS. The van der Waals surface area contributed by atoms with Gasteiger partial charge < -0.3 is 5.32 Å². The molecule has 2 rings (SSSR count). The zero-order valence-corrected chi connectivity index (χ0v) is 13.7. The smallest absolute Gasteiger partial charge is 0.252 e. The molecule has 1 aliphatic carbocycles. The van der Waals surface area contributed by atoms with Crippen LogP contribution in [0.5, 0.6) is 0 Å². The number of nitriles is 1. The van der Waals surface area contributed by atoms with Gasteiger partial charge in [-0.1, -0.05) is 39.3 Å². The molecule has 0 bridgehead atoms. The number of carbonyl (C=O) groups is 1. The van der Waals surface area contributed by atoms with Crippen molar-refractivity contribution in [3.05, 3.63) is 29.8 Å². The average Bonchev–Trinajstić information content (AvgIpc) is 2.43. The van der Waals surface area contributed by atoms with E-state index in [1.165, 1.54) is 6.42 Å². The molecule has 0 spiro atoms. The molecule has 1 aromatic rings. The molecule has 3 nitrogen and oxygen atoms in total. The Morgan fingerprint density at radius 1 is 1.43 bits per heavy atom. The van der Waals surface area contributed by atoms with Crippen molar-refractivity contribution in [1.82, 2.24) is 5.32 Å². The summed E-state index contributed by atoms with van der Waals surface area (Å²) in [5.74, 6) is 0.411. The van der Waals surface area contributed by atoms with E-state index in [0.29, 0.717) is 11.5 Å². The zero-order chi connectivity index (χ0) is 15.5. The van der Waals surface area contributed by atoms with E-state index < -0.39 is 0 Å². The van der Waals surface area contributed by atoms with Crippen molar-refractivity contribution in [2.75, 3.05) is 0 Å². The summed E-state index contributed by atoms with van der Waals surface area (Å²) in [6.07, 6.45) is 3.52. The number of benzene rings is 1. The third-order valence-electron chi connectivity index (χ3n) is 4.47. The quantitative estimate of drug-likeness (QED) is 0.672. The number of hydrogen-bond acceptors (Lipinski definition) is 3. The van der Waals surface area contributed by atoms with Gasteiger partial charge in [0.05, 0.1) is 5.56 Å². The van der Waals surface area contributed by atoms with Crippen molar-refractivity contribution in [3.63, 3.8) is 0 Å². The van der Waals surface area contributed by atoms with Gasteiger partial charge in [0.15, 0.2) is 0 Å². The number of nitrogens with one attached hydrogen (secondary N) is 1. The predicted molar refractivity (Wildman–Crippen MR) is 86.0 cm³/mol. The van der Waals surface area contributed by atoms with Crippen LogP contribution in [-0.4, -0.2) is 11.9 Å². The predicted octanol–water partition coefficient (Wildman–Crippen LogP) is 4.20. The summed E-state index contributed by atoms with van der Waals surface area (Å²) in [7, 11) is 0. The Morgan fingerprint density at radius 3 is 2.81 bits per heavy atom. The Hall–Kier alpha value is -1.47. The van der Waals surface area contributed by atoms with Crippen LogP contribution in [0.15, 0.2) is 29.2 Å². The highest BCUT2D eigenvalue weighted by atomic mass is 32.2. The maximum atomic E-state index is 12.6. The first-order valence-electron chi connectivity index (χ1n) is 7.41. The first kappa shape index (κ1) is 15.9. The van der Waals surface area contributed by atoms with E-state index in [0.717, 1.165) is 29.5 Å².